The molecule has 0 aromatic heterocycles. The molecular formula is C12H18F2N2. The maximum Gasteiger partial charge on any atom is 0.149 e. The van der Waals surface area contributed by atoms with Crippen LogP contribution in [-0.2, 0) is 0 Å². The minimum absolute atomic E-state index is 0.409. The van der Waals surface area contributed by atoms with Crippen molar-refractivity contribution in [2.45, 2.75) is 19.9 Å². The molecule has 0 heterocycles. The zero-order chi connectivity index (χ0) is 12.1. The van der Waals surface area contributed by atoms with Gasteiger partial charge >= 0.3 is 0 Å². The van der Waals surface area contributed by atoms with Crippen molar-refractivity contribution in [3.63, 3.8) is 0 Å². The Morgan fingerprint density at radius 1 is 1.31 bits per heavy atom. The first-order valence-electron chi connectivity index (χ1n) is 5.40. The van der Waals surface area contributed by atoms with Gasteiger partial charge in [-0.15, -0.1) is 0 Å². The summed E-state index contributed by atoms with van der Waals surface area (Å²) in [6, 6.07) is 4.04. The molecule has 0 radical (unpaired) electrons. The summed E-state index contributed by atoms with van der Waals surface area (Å²) in [6.45, 7) is 5.56. The van der Waals surface area contributed by atoms with Gasteiger partial charge in [0.05, 0.1) is 5.69 Å². The fourth-order valence-corrected chi connectivity index (χ4v) is 1.43. The molecule has 1 aromatic rings. The Bertz CT molecular complexity index is 340. The Hall–Kier alpha value is -1.16. The fraction of sp³-hybridized carbons (Fsp3) is 0.500. The Labute approximate surface area is 95.3 Å². The second-order valence-corrected chi connectivity index (χ2v) is 4.13. The highest BCUT2D eigenvalue weighted by Gasteiger charge is 2.08. The largest absolute Gasteiger partial charge is 0.371 e. The van der Waals surface area contributed by atoms with E-state index in [4.69, 9.17) is 0 Å². The number of nitrogens with zero attached hydrogens (tertiary/aromatic N) is 1. The van der Waals surface area contributed by atoms with Crippen LogP contribution in [0.4, 0.5) is 14.5 Å². The van der Waals surface area contributed by atoms with Crippen molar-refractivity contribution in [3.8, 4) is 0 Å². The summed E-state index contributed by atoms with van der Waals surface area (Å²) in [4.78, 5) is 1.77. The maximum absolute atomic E-state index is 13.4. The van der Waals surface area contributed by atoms with Gasteiger partial charge in [0, 0.05) is 32.2 Å². The molecule has 0 aliphatic carbocycles. The zero-order valence-corrected chi connectivity index (χ0v) is 9.93. The number of nitrogens with one attached hydrogen (secondary N) is 1. The SMILES string of the molecule is CC(C)NCCN(C)c1ccc(F)cc1F. The summed E-state index contributed by atoms with van der Waals surface area (Å²) in [5, 5.41) is 3.24. The number of hydrogen-bond acceptors (Lipinski definition) is 2. The van der Waals surface area contributed by atoms with Gasteiger partial charge in [-0.1, -0.05) is 13.8 Å². The number of halogens is 2. The Balaban J connectivity index is 2.55. The normalized spacial score (nSPS) is 10.9. The Morgan fingerprint density at radius 2 is 2.00 bits per heavy atom. The van der Waals surface area contributed by atoms with Crippen LogP contribution in [0, 0.1) is 11.6 Å². The first-order chi connectivity index (χ1) is 7.50. The number of rotatable bonds is 5. The third-order valence-corrected chi connectivity index (χ3v) is 2.32. The van der Waals surface area contributed by atoms with E-state index in [0.717, 1.165) is 12.6 Å². The lowest BCUT2D eigenvalue weighted by Crippen LogP contribution is -2.33. The van der Waals surface area contributed by atoms with E-state index >= 15 is 0 Å². The smallest absolute Gasteiger partial charge is 0.149 e. The average Bonchev–Trinajstić information content (AvgIpc) is 2.16. The Kier molecular flexibility index (Phi) is 4.68. The van der Waals surface area contributed by atoms with Gasteiger partial charge in [-0.3, -0.25) is 0 Å². The molecule has 0 spiro atoms. The average molecular weight is 228 g/mol. The van der Waals surface area contributed by atoms with Crippen LogP contribution in [0.3, 0.4) is 0 Å². The standard InChI is InChI=1S/C12H18F2N2/c1-9(2)15-6-7-16(3)12-5-4-10(13)8-11(12)14/h4-5,8-9,15H,6-7H2,1-3H3. The van der Waals surface area contributed by atoms with Crippen molar-refractivity contribution < 1.29 is 8.78 Å². The highest BCUT2D eigenvalue weighted by molar-refractivity contribution is 5.46. The highest BCUT2D eigenvalue weighted by atomic mass is 19.1. The predicted molar refractivity (Wildman–Crippen MR) is 62.8 cm³/mol. The van der Waals surface area contributed by atoms with Crippen molar-refractivity contribution in [1.82, 2.24) is 5.32 Å². The summed E-state index contributed by atoms with van der Waals surface area (Å²) in [6.07, 6.45) is 0. The molecule has 90 valence electrons. The summed E-state index contributed by atoms with van der Waals surface area (Å²) in [5.74, 6) is -1.07. The molecule has 1 rings (SSSR count). The van der Waals surface area contributed by atoms with E-state index in [2.05, 4.69) is 19.2 Å². The van der Waals surface area contributed by atoms with Crippen LogP contribution in [0.15, 0.2) is 18.2 Å². The minimum Gasteiger partial charge on any atom is -0.371 e. The van der Waals surface area contributed by atoms with Gasteiger partial charge in [-0.25, -0.2) is 8.78 Å². The van der Waals surface area contributed by atoms with Gasteiger partial charge < -0.3 is 10.2 Å². The summed E-state index contributed by atoms with van der Waals surface area (Å²) in [7, 11) is 1.79. The monoisotopic (exact) mass is 228 g/mol. The second-order valence-electron chi connectivity index (χ2n) is 4.13. The van der Waals surface area contributed by atoms with E-state index in [-0.39, 0.29) is 0 Å². The van der Waals surface area contributed by atoms with Gasteiger partial charge in [0.2, 0.25) is 0 Å². The van der Waals surface area contributed by atoms with Crippen LogP contribution < -0.4 is 10.2 Å². The number of anilines is 1. The third kappa shape index (κ3) is 3.77. The molecule has 1 N–H and O–H groups in total. The molecule has 0 unspecified atom stereocenters. The van der Waals surface area contributed by atoms with Crippen LogP contribution in [0.1, 0.15) is 13.8 Å². The lowest BCUT2D eigenvalue weighted by Gasteiger charge is -2.20. The molecule has 0 amide bonds. The first kappa shape index (κ1) is 12.9. The van der Waals surface area contributed by atoms with Crippen LogP contribution in [0.2, 0.25) is 0 Å². The molecule has 0 bridgehead atoms. The fourth-order valence-electron chi connectivity index (χ4n) is 1.43. The third-order valence-electron chi connectivity index (χ3n) is 2.32. The molecule has 0 aliphatic rings. The Morgan fingerprint density at radius 3 is 2.56 bits per heavy atom. The van der Waals surface area contributed by atoms with Crippen LogP contribution in [0.5, 0.6) is 0 Å². The van der Waals surface area contributed by atoms with E-state index in [1.165, 1.54) is 12.1 Å². The van der Waals surface area contributed by atoms with Gasteiger partial charge in [-0.05, 0) is 12.1 Å². The molecule has 16 heavy (non-hydrogen) atoms. The van der Waals surface area contributed by atoms with E-state index in [1.807, 2.05) is 0 Å². The van der Waals surface area contributed by atoms with Crippen LogP contribution in [-0.4, -0.2) is 26.2 Å². The van der Waals surface area contributed by atoms with Crippen LogP contribution in [0.25, 0.3) is 0 Å². The predicted octanol–water partition coefficient (Wildman–Crippen LogP) is 2.40. The quantitative estimate of drug-likeness (QED) is 0.832. The van der Waals surface area contributed by atoms with Crippen LogP contribution >= 0.6 is 0 Å². The van der Waals surface area contributed by atoms with Crippen molar-refractivity contribution in [3.05, 3.63) is 29.8 Å². The molecule has 2 nitrogen and oxygen atoms in total. The first-order valence-corrected chi connectivity index (χ1v) is 5.40. The lowest BCUT2D eigenvalue weighted by atomic mass is 10.2. The second kappa shape index (κ2) is 5.80. The topological polar surface area (TPSA) is 15.3 Å². The molecule has 1 aromatic carbocycles. The van der Waals surface area contributed by atoms with Crippen molar-refractivity contribution in [1.29, 1.82) is 0 Å². The lowest BCUT2D eigenvalue weighted by molar-refractivity contribution is 0.570. The van der Waals surface area contributed by atoms with Crippen molar-refractivity contribution >= 4 is 5.69 Å². The summed E-state index contributed by atoms with van der Waals surface area (Å²) in [5.41, 5.74) is 0.423. The van der Waals surface area contributed by atoms with E-state index < -0.39 is 11.6 Å². The van der Waals surface area contributed by atoms with Gasteiger partial charge in [-0.2, -0.15) is 0 Å². The van der Waals surface area contributed by atoms with E-state index in [9.17, 15) is 8.78 Å². The number of likely N-dealkylation sites (N-methyl/N-ethyl adjacent to an activating group) is 1. The molecule has 0 aliphatic heterocycles. The van der Waals surface area contributed by atoms with Gasteiger partial charge in [0.15, 0.2) is 0 Å². The summed E-state index contributed by atoms with van der Waals surface area (Å²) >= 11 is 0. The van der Waals surface area contributed by atoms with E-state index in [1.54, 1.807) is 11.9 Å². The zero-order valence-electron chi connectivity index (χ0n) is 9.93. The number of hydrogen-bond donors (Lipinski definition) is 1. The van der Waals surface area contributed by atoms with Gasteiger partial charge in [0.1, 0.15) is 11.6 Å². The van der Waals surface area contributed by atoms with E-state index in [0.29, 0.717) is 18.3 Å². The van der Waals surface area contributed by atoms with Crippen molar-refractivity contribution in [2.24, 2.45) is 0 Å². The molecule has 0 atom stereocenters. The summed E-state index contributed by atoms with van der Waals surface area (Å²) < 4.78 is 26.1. The maximum atomic E-state index is 13.4. The molecule has 0 saturated carbocycles. The molecular weight excluding hydrogens is 210 g/mol. The minimum atomic E-state index is -0.546. The molecule has 0 fully saturated rings. The van der Waals surface area contributed by atoms with Gasteiger partial charge in [0.25, 0.3) is 0 Å². The molecule has 4 heteroatoms. The highest BCUT2D eigenvalue weighted by Crippen LogP contribution is 2.18. The molecule has 0 saturated heterocycles. The number of benzene rings is 1. The van der Waals surface area contributed by atoms with Crippen molar-refractivity contribution in [2.75, 3.05) is 25.0 Å².